The molecule has 0 radical (unpaired) electrons. The highest BCUT2D eigenvalue weighted by Crippen LogP contribution is 2.23. The van der Waals surface area contributed by atoms with Crippen molar-refractivity contribution in [1.82, 2.24) is 10.2 Å². The summed E-state index contributed by atoms with van der Waals surface area (Å²) < 4.78 is 0. The summed E-state index contributed by atoms with van der Waals surface area (Å²) in [7, 11) is 1.97. The lowest BCUT2D eigenvalue weighted by Gasteiger charge is -2.33. The van der Waals surface area contributed by atoms with Crippen LogP contribution < -0.4 is 5.32 Å². The van der Waals surface area contributed by atoms with Crippen LogP contribution in [-0.4, -0.2) is 37.0 Å². The fourth-order valence-corrected chi connectivity index (χ4v) is 2.16. The average molecular weight is 212 g/mol. The van der Waals surface area contributed by atoms with E-state index in [4.69, 9.17) is 0 Å². The first-order chi connectivity index (χ1) is 6.84. The van der Waals surface area contributed by atoms with Crippen molar-refractivity contribution >= 4 is 5.91 Å². The van der Waals surface area contributed by atoms with Gasteiger partial charge >= 0.3 is 0 Å². The molecule has 0 aromatic rings. The van der Waals surface area contributed by atoms with E-state index in [-0.39, 0.29) is 5.41 Å². The van der Waals surface area contributed by atoms with E-state index in [2.05, 4.69) is 33.0 Å². The van der Waals surface area contributed by atoms with E-state index < -0.39 is 0 Å². The summed E-state index contributed by atoms with van der Waals surface area (Å²) in [6.45, 7) is 10.5. The maximum Gasteiger partial charge on any atom is 0.222 e. The lowest BCUT2D eigenvalue weighted by atomic mass is 9.86. The number of likely N-dealkylation sites (N-methyl/N-ethyl adjacent to an activating group) is 1. The number of hydrogen-bond acceptors (Lipinski definition) is 2. The van der Waals surface area contributed by atoms with Gasteiger partial charge in [0.25, 0.3) is 0 Å². The monoisotopic (exact) mass is 212 g/mol. The molecule has 1 N–H and O–H groups in total. The van der Waals surface area contributed by atoms with Gasteiger partial charge in [-0.05, 0) is 18.4 Å². The van der Waals surface area contributed by atoms with Gasteiger partial charge in [-0.25, -0.2) is 0 Å². The summed E-state index contributed by atoms with van der Waals surface area (Å²) in [5, 5.41) is 3.31. The molecule has 2 unspecified atom stereocenters. The molecule has 3 nitrogen and oxygen atoms in total. The highest BCUT2D eigenvalue weighted by atomic mass is 16.2. The molecule has 0 spiro atoms. The molecule has 1 heterocycles. The third-order valence-corrected chi connectivity index (χ3v) is 3.20. The predicted molar refractivity (Wildman–Crippen MR) is 62.7 cm³/mol. The fourth-order valence-electron chi connectivity index (χ4n) is 2.16. The molecule has 3 heteroatoms. The van der Waals surface area contributed by atoms with Crippen molar-refractivity contribution in [3.05, 3.63) is 0 Å². The van der Waals surface area contributed by atoms with Crippen molar-refractivity contribution in [1.29, 1.82) is 0 Å². The van der Waals surface area contributed by atoms with E-state index in [1.165, 1.54) is 0 Å². The molecule has 2 atom stereocenters. The summed E-state index contributed by atoms with van der Waals surface area (Å²) in [6, 6.07) is 0.367. The lowest BCUT2D eigenvalue weighted by molar-refractivity contribution is -0.128. The number of amides is 1. The van der Waals surface area contributed by atoms with Crippen LogP contribution in [0.4, 0.5) is 0 Å². The van der Waals surface area contributed by atoms with Crippen molar-refractivity contribution in [3.8, 4) is 0 Å². The van der Waals surface area contributed by atoms with Gasteiger partial charge in [-0.3, -0.25) is 4.79 Å². The van der Waals surface area contributed by atoms with Crippen LogP contribution in [0.15, 0.2) is 0 Å². The second-order valence-corrected chi connectivity index (χ2v) is 5.82. The lowest BCUT2D eigenvalue weighted by Crippen LogP contribution is -2.47. The Bertz CT molecular complexity index is 232. The predicted octanol–water partition coefficient (Wildman–Crippen LogP) is 1.49. The highest BCUT2D eigenvalue weighted by molar-refractivity contribution is 5.78. The van der Waals surface area contributed by atoms with Crippen LogP contribution in [0.25, 0.3) is 0 Å². The molecule has 0 aromatic carbocycles. The molecule has 1 rings (SSSR count). The van der Waals surface area contributed by atoms with Gasteiger partial charge in [-0.2, -0.15) is 0 Å². The minimum Gasteiger partial charge on any atom is -0.341 e. The van der Waals surface area contributed by atoms with Crippen molar-refractivity contribution in [2.45, 2.75) is 40.2 Å². The molecule has 88 valence electrons. The summed E-state index contributed by atoms with van der Waals surface area (Å²) in [4.78, 5) is 13.7. The molecule has 1 aliphatic rings. The number of nitrogens with one attached hydrogen (secondary N) is 1. The quantitative estimate of drug-likeness (QED) is 0.768. The van der Waals surface area contributed by atoms with Crippen molar-refractivity contribution in [2.75, 3.05) is 20.1 Å². The highest BCUT2D eigenvalue weighted by Gasteiger charge is 2.31. The van der Waals surface area contributed by atoms with E-state index in [9.17, 15) is 4.79 Å². The molecule has 15 heavy (non-hydrogen) atoms. The Kier molecular flexibility index (Phi) is 3.77. The maximum atomic E-state index is 11.7. The molecular weight excluding hydrogens is 188 g/mol. The zero-order chi connectivity index (χ0) is 11.6. The summed E-state index contributed by atoms with van der Waals surface area (Å²) in [5.74, 6) is 0.835. The first-order valence-corrected chi connectivity index (χ1v) is 5.79. The number of carbonyl (C=O) groups excluding carboxylic acids is 1. The zero-order valence-electron chi connectivity index (χ0n) is 10.6. The van der Waals surface area contributed by atoms with Crippen LogP contribution in [0, 0.1) is 11.3 Å². The van der Waals surface area contributed by atoms with E-state index in [0.717, 1.165) is 19.5 Å². The first-order valence-electron chi connectivity index (χ1n) is 5.79. The third kappa shape index (κ3) is 3.20. The molecule has 1 fully saturated rings. The van der Waals surface area contributed by atoms with Crippen LogP contribution >= 0.6 is 0 Å². The standard InChI is InChI=1S/C12H24N2O/c1-9-6-11(15)14(7-9)8-10(13-5)12(2,3)4/h9-10,13H,6-8H2,1-5H3. The maximum absolute atomic E-state index is 11.7. The molecule has 0 aliphatic carbocycles. The van der Waals surface area contributed by atoms with Crippen LogP contribution in [-0.2, 0) is 4.79 Å². The topological polar surface area (TPSA) is 32.3 Å². The fraction of sp³-hybridized carbons (Fsp3) is 0.917. The zero-order valence-corrected chi connectivity index (χ0v) is 10.6. The Balaban J connectivity index is 2.56. The smallest absolute Gasteiger partial charge is 0.222 e. The summed E-state index contributed by atoms with van der Waals surface area (Å²) >= 11 is 0. The normalized spacial score (nSPS) is 24.7. The largest absolute Gasteiger partial charge is 0.341 e. The number of rotatable bonds is 3. The first kappa shape index (κ1) is 12.5. The second kappa shape index (κ2) is 4.52. The van der Waals surface area contributed by atoms with Gasteiger partial charge in [0, 0.05) is 25.6 Å². The van der Waals surface area contributed by atoms with Gasteiger partial charge < -0.3 is 10.2 Å². The Morgan fingerprint density at radius 1 is 1.53 bits per heavy atom. The SMILES string of the molecule is CNC(CN1CC(C)CC1=O)C(C)(C)C. The Hall–Kier alpha value is -0.570. The Labute approximate surface area is 93.2 Å². The third-order valence-electron chi connectivity index (χ3n) is 3.20. The van der Waals surface area contributed by atoms with E-state index in [0.29, 0.717) is 17.9 Å². The van der Waals surface area contributed by atoms with Crippen molar-refractivity contribution in [3.63, 3.8) is 0 Å². The Morgan fingerprint density at radius 3 is 2.47 bits per heavy atom. The number of hydrogen-bond donors (Lipinski definition) is 1. The summed E-state index contributed by atoms with van der Waals surface area (Å²) in [6.07, 6.45) is 0.723. The molecule has 1 aliphatic heterocycles. The average Bonchev–Trinajstić information content (AvgIpc) is 2.38. The van der Waals surface area contributed by atoms with Gasteiger partial charge in [0.2, 0.25) is 5.91 Å². The van der Waals surface area contributed by atoms with Crippen molar-refractivity contribution in [2.24, 2.45) is 11.3 Å². The van der Waals surface area contributed by atoms with Gasteiger partial charge in [-0.15, -0.1) is 0 Å². The van der Waals surface area contributed by atoms with Gasteiger partial charge in [0.05, 0.1) is 0 Å². The minimum atomic E-state index is 0.195. The Morgan fingerprint density at radius 2 is 2.13 bits per heavy atom. The molecule has 1 amide bonds. The summed E-state index contributed by atoms with van der Waals surface area (Å²) in [5.41, 5.74) is 0.195. The van der Waals surface area contributed by atoms with Gasteiger partial charge in [-0.1, -0.05) is 27.7 Å². The molecular formula is C12H24N2O. The molecule has 1 saturated heterocycles. The number of nitrogens with zero attached hydrogens (tertiary/aromatic N) is 1. The van der Waals surface area contributed by atoms with Crippen LogP contribution in [0.3, 0.4) is 0 Å². The number of carbonyl (C=O) groups is 1. The van der Waals surface area contributed by atoms with Crippen molar-refractivity contribution < 1.29 is 4.79 Å². The van der Waals surface area contributed by atoms with Gasteiger partial charge in [0.15, 0.2) is 0 Å². The minimum absolute atomic E-state index is 0.195. The van der Waals surface area contributed by atoms with Crippen LogP contribution in [0.2, 0.25) is 0 Å². The molecule has 0 bridgehead atoms. The molecule has 0 saturated carbocycles. The second-order valence-electron chi connectivity index (χ2n) is 5.82. The molecule has 0 aromatic heterocycles. The van der Waals surface area contributed by atoms with Gasteiger partial charge in [0.1, 0.15) is 0 Å². The van der Waals surface area contributed by atoms with Crippen LogP contribution in [0.1, 0.15) is 34.1 Å². The number of likely N-dealkylation sites (tertiary alicyclic amines) is 1. The van der Waals surface area contributed by atoms with E-state index in [1.54, 1.807) is 0 Å². The van der Waals surface area contributed by atoms with Crippen LogP contribution in [0.5, 0.6) is 0 Å². The van der Waals surface area contributed by atoms with E-state index in [1.807, 2.05) is 11.9 Å². The van der Waals surface area contributed by atoms with E-state index >= 15 is 0 Å².